The molecule has 2 aliphatic heterocycles. The largest absolute Gasteiger partial charge is 0.496 e. The summed E-state index contributed by atoms with van der Waals surface area (Å²) in [6.07, 6.45) is 9.43. The SMILES string of the molecule is CCN1C=C(c2cnc3c(Nc4cc(CN5CCCC(C)C5)ns4)nc(C)cn23)CN1.COc1ccccc1CNC=O. The van der Waals surface area contributed by atoms with Crippen LogP contribution in [-0.2, 0) is 17.9 Å². The second kappa shape index (κ2) is 14.5. The van der Waals surface area contributed by atoms with Gasteiger partial charge in [0.05, 0.1) is 30.4 Å². The highest BCUT2D eigenvalue weighted by Gasteiger charge is 2.20. The highest BCUT2D eigenvalue weighted by atomic mass is 32.1. The molecule has 0 aliphatic carbocycles. The number of ether oxygens (including phenoxy) is 1. The second-order valence-electron chi connectivity index (χ2n) is 10.9. The Labute approximate surface area is 257 Å². The van der Waals surface area contributed by atoms with Gasteiger partial charge in [-0.15, -0.1) is 0 Å². The van der Waals surface area contributed by atoms with E-state index in [1.54, 1.807) is 7.11 Å². The normalized spacial score (nSPS) is 16.9. The first-order valence-electron chi connectivity index (χ1n) is 14.8. The lowest BCUT2D eigenvalue weighted by Crippen LogP contribution is -2.33. The minimum absolute atomic E-state index is 0.507. The third-order valence-corrected chi connectivity index (χ3v) is 8.30. The molecule has 228 valence electrons. The van der Waals surface area contributed by atoms with E-state index in [0.717, 1.165) is 77.0 Å². The number of para-hydroxylation sites is 1. The predicted octanol–water partition coefficient (Wildman–Crippen LogP) is 4.59. The molecule has 0 spiro atoms. The molecule has 1 saturated heterocycles. The van der Waals surface area contributed by atoms with Crippen molar-refractivity contribution in [3.63, 3.8) is 0 Å². The summed E-state index contributed by atoms with van der Waals surface area (Å²) in [6, 6.07) is 9.72. The van der Waals surface area contributed by atoms with Gasteiger partial charge in [-0.2, -0.15) is 4.37 Å². The van der Waals surface area contributed by atoms with Gasteiger partial charge in [-0.3, -0.25) is 14.1 Å². The van der Waals surface area contributed by atoms with Crippen molar-refractivity contribution in [2.75, 3.05) is 38.6 Å². The van der Waals surface area contributed by atoms with Crippen LogP contribution in [0, 0.1) is 12.8 Å². The van der Waals surface area contributed by atoms with E-state index in [0.29, 0.717) is 13.0 Å². The first-order chi connectivity index (χ1) is 21.0. The smallest absolute Gasteiger partial charge is 0.207 e. The van der Waals surface area contributed by atoms with Crippen LogP contribution in [0.2, 0.25) is 0 Å². The van der Waals surface area contributed by atoms with Gasteiger partial charge in [-0.05, 0) is 62.8 Å². The van der Waals surface area contributed by atoms with Crippen LogP contribution in [-0.4, -0.2) is 68.3 Å². The fourth-order valence-corrected chi connectivity index (χ4v) is 6.14. The minimum Gasteiger partial charge on any atom is -0.496 e. The lowest BCUT2D eigenvalue weighted by molar-refractivity contribution is -0.109. The molecule has 3 N–H and O–H groups in total. The molecule has 11 nitrogen and oxygen atoms in total. The Bertz CT molecular complexity index is 1550. The number of carbonyl (C=O) groups is 1. The molecule has 4 aromatic rings. The number of likely N-dealkylation sites (tertiary alicyclic amines) is 1. The number of imidazole rings is 1. The number of hydrogen-bond donors (Lipinski definition) is 3. The van der Waals surface area contributed by atoms with E-state index in [-0.39, 0.29) is 0 Å². The van der Waals surface area contributed by atoms with Gasteiger partial charge in [-0.1, -0.05) is 25.1 Å². The summed E-state index contributed by atoms with van der Waals surface area (Å²) in [4.78, 5) is 22.0. The lowest BCUT2D eigenvalue weighted by Gasteiger charge is -2.30. The van der Waals surface area contributed by atoms with Gasteiger partial charge in [0.2, 0.25) is 6.41 Å². The van der Waals surface area contributed by atoms with Crippen LogP contribution in [0.3, 0.4) is 0 Å². The van der Waals surface area contributed by atoms with E-state index in [1.807, 2.05) is 43.6 Å². The average Bonchev–Trinajstić information content (AvgIpc) is 3.76. The summed E-state index contributed by atoms with van der Waals surface area (Å²) < 4.78 is 11.9. The molecule has 1 aromatic carbocycles. The van der Waals surface area contributed by atoms with Gasteiger partial charge in [0.15, 0.2) is 11.5 Å². The van der Waals surface area contributed by atoms with E-state index < -0.39 is 0 Å². The molecule has 1 atom stereocenters. The number of methoxy groups -OCH3 is 1. The number of nitrogens with zero attached hydrogens (tertiary/aromatic N) is 6. The van der Waals surface area contributed by atoms with Crippen molar-refractivity contribution in [1.29, 1.82) is 0 Å². The third kappa shape index (κ3) is 7.70. The molecular formula is C31H41N9O2S. The van der Waals surface area contributed by atoms with E-state index in [1.165, 1.54) is 36.5 Å². The zero-order valence-corrected chi connectivity index (χ0v) is 26.2. The lowest BCUT2D eigenvalue weighted by atomic mass is 10.0. The number of hydrogen-bond acceptors (Lipinski definition) is 10. The summed E-state index contributed by atoms with van der Waals surface area (Å²) in [5.41, 5.74) is 9.57. The van der Waals surface area contributed by atoms with Crippen molar-refractivity contribution in [3.05, 3.63) is 71.6 Å². The maximum Gasteiger partial charge on any atom is 0.207 e. The molecule has 1 fully saturated rings. The Morgan fingerprint density at radius 3 is 2.91 bits per heavy atom. The number of carbonyl (C=O) groups excluding carboxylic acids is 1. The van der Waals surface area contributed by atoms with Crippen molar-refractivity contribution in [1.82, 2.24) is 39.4 Å². The van der Waals surface area contributed by atoms with Crippen LogP contribution in [0.1, 0.15) is 49.3 Å². The van der Waals surface area contributed by atoms with Crippen LogP contribution in [0.4, 0.5) is 10.8 Å². The van der Waals surface area contributed by atoms with Crippen molar-refractivity contribution >= 4 is 40.0 Å². The standard InChI is InChI=1S/C22H30N8S.C9H11NO2/c1-4-29-13-17(9-24-29)19-10-23-22-21(25-16(3)12-30(19)22)26-20-8-18(27-31-20)14-28-7-5-6-15(2)11-28;1-12-9-5-3-2-4-8(9)6-10-7-11/h8,10,12-13,15,24H,4-7,9,11,14H2,1-3H3,(H,25,26);2-5,7H,6H2,1H3,(H,10,11). The molecule has 3 aromatic heterocycles. The van der Waals surface area contributed by atoms with Gasteiger partial charge in [0, 0.05) is 56.3 Å². The molecule has 1 unspecified atom stereocenters. The van der Waals surface area contributed by atoms with Gasteiger partial charge < -0.3 is 20.4 Å². The van der Waals surface area contributed by atoms with E-state index in [4.69, 9.17) is 9.72 Å². The predicted molar refractivity (Wildman–Crippen MR) is 171 cm³/mol. The zero-order valence-electron chi connectivity index (χ0n) is 25.3. The van der Waals surface area contributed by atoms with Crippen LogP contribution < -0.4 is 20.8 Å². The fourth-order valence-electron chi connectivity index (χ4n) is 5.48. The van der Waals surface area contributed by atoms with E-state index in [9.17, 15) is 4.79 Å². The van der Waals surface area contributed by atoms with Crippen molar-refractivity contribution in [3.8, 4) is 5.75 Å². The summed E-state index contributed by atoms with van der Waals surface area (Å²) >= 11 is 1.49. The fraction of sp³-hybridized carbons (Fsp3) is 0.419. The van der Waals surface area contributed by atoms with Crippen molar-refractivity contribution < 1.29 is 9.53 Å². The Hall–Kier alpha value is -4.00. The van der Waals surface area contributed by atoms with Gasteiger partial charge in [0.1, 0.15) is 10.8 Å². The van der Waals surface area contributed by atoms with Gasteiger partial charge in [0.25, 0.3) is 0 Å². The Kier molecular flexibility index (Phi) is 10.2. The summed E-state index contributed by atoms with van der Waals surface area (Å²) in [5.74, 6) is 2.35. The summed E-state index contributed by atoms with van der Waals surface area (Å²) in [5, 5.41) is 9.16. The molecule has 43 heavy (non-hydrogen) atoms. The maximum atomic E-state index is 10.0. The zero-order chi connectivity index (χ0) is 30.2. The van der Waals surface area contributed by atoms with Crippen LogP contribution in [0.25, 0.3) is 11.2 Å². The van der Waals surface area contributed by atoms with Crippen LogP contribution in [0.15, 0.2) is 48.9 Å². The average molecular weight is 604 g/mol. The number of nitrogens with one attached hydrogen (secondary N) is 3. The summed E-state index contributed by atoms with van der Waals surface area (Å²) in [7, 11) is 1.61. The van der Waals surface area contributed by atoms with E-state index in [2.05, 4.69) is 65.8 Å². The Morgan fingerprint density at radius 2 is 2.14 bits per heavy atom. The quantitative estimate of drug-likeness (QED) is 0.224. The molecule has 0 bridgehead atoms. The number of aromatic nitrogens is 4. The van der Waals surface area contributed by atoms with Crippen molar-refractivity contribution in [2.45, 2.75) is 46.7 Å². The molecule has 1 amide bonds. The number of aryl methyl sites for hydroxylation is 1. The first-order valence-corrected chi connectivity index (χ1v) is 15.5. The Morgan fingerprint density at radius 1 is 1.28 bits per heavy atom. The number of fused-ring (bicyclic) bond motifs is 1. The highest BCUT2D eigenvalue weighted by Crippen LogP contribution is 2.28. The molecule has 0 radical (unpaired) electrons. The second-order valence-corrected chi connectivity index (χ2v) is 11.7. The number of hydrazine groups is 1. The number of benzene rings is 1. The monoisotopic (exact) mass is 603 g/mol. The maximum absolute atomic E-state index is 10.0. The topological polar surface area (TPSA) is 112 Å². The molecule has 2 aliphatic rings. The molecular weight excluding hydrogens is 562 g/mol. The molecule has 6 rings (SSSR count). The van der Waals surface area contributed by atoms with Crippen LogP contribution >= 0.6 is 11.5 Å². The van der Waals surface area contributed by atoms with Gasteiger partial charge in [-0.25, -0.2) is 15.4 Å². The number of anilines is 2. The molecule has 0 saturated carbocycles. The summed E-state index contributed by atoms with van der Waals surface area (Å²) in [6.45, 7) is 12.0. The third-order valence-electron chi connectivity index (χ3n) is 7.56. The molecule has 5 heterocycles. The van der Waals surface area contributed by atoms with Crippen molar-refractivity contribution in [2.24, 2.45) is 5.92 Å². The van der Waals surface area contributed by atoms with Crippen LogP contribution in [0.5, 0.6) is 5.75 Å². The van der Waals surface area contributed by atoms with Gasteiger partial charge >= 0.3 is 0 Å². The Balaban J connectivity index is 0.000000259. The molecule has 12 heteroatoms. The first kappa shape index (κ1) is 30.5. The highest BCUT2D eigenvalue weighted by molar-refractivity contribution is 7.10. The number of amides is 1. The van der Waals surface area contributed by atoms with E-state index >= 15 is 0 Å². The minimum atomic E-state index is 0.507. The number of piperidine rings is 1. The number of rotatable bonds is 10.